The van der Waals surface area contributed by atoms with Crippen LogP contribution in [0, 0.1) is 5.41 Å². The van der Waals surface area contributed by atoms with E-state index in [0.717, 1.165) is 19.0 Å². The van der Waals surface area contributed by atoms with Gasteiger partial charge in [-0.25, -0.2) is 0 Å². The standard InChI is InChI=1S/C17H30N6.HI/c1-18-16(23-9-8-17(13-23)6-5-7-17)19-11-15(21(2)3)14-10-20-22(4)12-14;/h10,12,15H,5-9,11,13H2,1-4H3,(H,18,19);1H. The molecule has 1 aliphatic carbocycles. The molecule has 2 heterocycles. The summed E-state index contributed by atoms with van der Waals surface area (Å²) in [5.74, 6) is 1.05. The molecular weight excluding hydrogens is 415 g/mol. The van der Waals surface area contributed by atoms with E-state index >= 15 is 0 Å². The van der Waals surface area contributed by atoms with Crippen molar-refractivity contribution in [3.63, 3.8) is 0 Å². The number of nitrogens with one attached hydrogen (secondary N) is 1. The minimum Gasteiger partial charge on any atom is -0.354 e. The molecule has 1 N–H and O–H groups in total. The average Bonchev–Trinajstić information content (AvgIpc) is 3.09. The monoisotopic (exact) mass is 446 g/mol. The number of nitrogens with zero attached hydrogens (tertiary/aromatic N) is 5. The van der Waals surface area contributed by atoms with Crippen LogP contribution in [0.3, 0.4) is 0 Å². The second kappa shape index (κ2) is 8.03. The van der Waals surface area contributed by atoms with E-state index in [1.807, 2.05) is 25.0 Å². The smallest absolute Gasteiger partial charge is 0.193 e. The Kier molecular flexibility index (Phi) is 6.52. The number of aryl methyl sites for hydroxylation is 1. The Morgan fingerprint density at radius 1 is 1.42 bits per heavy atom. The molecule has 0 bridgehead atoms. The van der Waals surface area contributed by atoms with Gasteiger partial charge in [0.05, 0.1) is 12.2 Å². The molecule has 7 heteroatoms. The minimum atomic E-state index is 0. The summed E-state index contributed by atoms with van der Waals surface area (Å²) in [5, 5.41) is 7.89. The molecule has 1 aromatic heterocycles. The van der Waals surface area contributed by atoms with Gasteiger partial charge in [0.25, 0.3) is 0 Å². The van der Waals surface area contributed by atoms with Crippen molar-refractivity contribution in [3.8, 4) is 0 Å². The Morgan fingerprint density at radius 3 is 2.62 bits per heavy atom. The quantitative estimate of drug-likeness (QED) is 0.437. The summed E-state index contributed by atoms with van der Waals surface area (Å²) >= 11 is 0. The summed E-state index contributed by atoms with van der Waals surface area (Å²) in [6, 6.07) is 0.292. The third kappa shape index (κ3) is 4.04. The molecule has 0 amide bonds. The molecule has 0 aromatic carbocycles. The maximum Gasteiger partial charge on any atom is 0.193 e. The second-order valence-electron chi connectivity index (χ2n) is 7.38. The van der Waals surface area contributed by atoms with Gasteiger partial charge in [0.1, 0.15) is 0 Å². The summed E-state index contributed by atoms with van der Waals surface area (Å²) in [6.45, 7) is 3.15. The van der Waals surface area contributed by atoms with E-state index in [-0.39, 0.29) is 24.0 Å². The fraction of sp³-hybridized carbons (Fsp3) is 0.765. The Morgan fingerprint density at radius 2 is 2.17 bits per heavy atom. The molecule has 1 spiro atoms. The zero-order chi connectivity index (χ0) is 16.4. The Balaban J connectivity index is 0.00000208. The zero-order valence-corrected chi connectivity index (χ0v) is 17.7. The number of guanidine groups is 1. The van der Waals surface area contributed by atoms with Crippen LogP contribution < -0.4 is 5.32 Å². The second-order valence-corrected chi connectivity index (χ2v) is 7.38. The molecule has 1 saturated heterocycles. The number of rotatable bonds is 4. The van der Waals surface area contributed by atoms with E-state index in [1.54, 1.807) is 0 Å². The Labute approximate surface area is 162 Å². The van der Waals surface area contributed by atoms with Gasteiger partial charge < -0.3 is 15.1 Å². The highest BCUT2D eigenvalue weighted by molar-refractivity contribution is 14.0. The first-order valence-electron chi connectivity index (χ1n) is 8.64. The van der Waals surface area contributed by atoms with Crippen molar-refractivity contribution in [1.82, 2.24) is 24.9 Å². The van der Waals surface area contributed by atoms with Crippen LogP contribution in [0.4, 0.5) is 0 Å². The number of hydrogen-bond acceptors (Lipinski definition) is 3. The van der Waals surface area contributed by atoms with E-state index in [9.17, 15) is 0 Å². The molecule has 136 valence electrons. The van der Waals surface area contributed by atoms with Crippen molar-refractivity contribution in [2.45, 2.75) is 31.7 Å². The van der Waals surface area contributed by atoms with Crippen molar-refractivity contribution in [1.29, 1.82) is 0 Å². The maximum atomic E-state index is 4.52. The van der Waals surface area contributed by atoms with Gasteiger partial charge in [0, 0.05) is 45.5 Å². The van der Waals surface area contributed by atoms with Crippen LogP contribution in [0.15, 0.2) is 17.4 Å². The third-order valence-corrected chi connectivity index (χ3v) is 5.55. The lowest BCUT2D eigenvalue weighted by Crippen LogP contribution is -2.45. The summed E-state index contributed by atoms with van der Waals surface area (Å²) in [5.41, 5.74) is 1.83. The minimum absolute atomic E-state index is 0. The first kappa shape index (κ1) is 19.5. The number of likely N-dealkylation sites (tertiary alicyclic amines) is 1. The summed E-state index contributed by atoms with van der Waals surface area (Å²) in [7, 11) is 8.08. The molecule has 1 aromatic rings. The molecule has 3 rings (SSSR count). The van der Waals surface area contributed by atoms with E-state index in [1.165, 1.54) is 37.8 Å². The summed E-state index contributed by atoms with van der Waals surface area (Å²) < 4.78 is 1.86. The molecule has 2 aliphatic rings. The van der Waals surface area contributed by atoms with Gasteiger partial charge in [0.2, 0.25) is 0 Å². The number of halogens is 1. The van der Waals surface area contributed by atoms with E-state index in [2.05, 4.69) is 45.5 Å². The van der Waals surface area contributed by atoms with Crippen LogP contribution in [-0.2, 0) is 7.05 Å². The van der Waals surface area contributed by atoms with Crippen LogP contribution in [0.2, 0.25) is 0 Å². The SMILES string of the molecule is CN=C(NCC(c1cnn(C)c1)N(C)C)N1CCC2(CCC2)C1.I. The van der Waals surface area contributed by atoms with Gasteiger partial charge in [-0.1, -0.05) is 6.42 Å². The van der Waals surface area contributed by atoms with Gasteiger partial charge >= 0.3 is 0 Å². The molecule has 24 heavy (non-hydrogen) atoms. The highest BCUT2D eigenvalue weighted by Crippen LogP contribution is 2.47. The predicted molar refractivity (Wildman–Crippen MR) is 109 cm³/mol. The van der Waals surface area contributed by atoms with Gasteiger partial charge in [-0.3, -0.25) is 9.67 Å². The average molecular weight is 446 g/mol. The van der Waals surface area contributed by atoms with Crippen molar-refractivity contribution < 1.29 is 0 Å². The van der Waals surface area contributed by atoms with Gasteiger partial charge in [-0.15, -0.1) is 24.0 Å². The van der Waals surface area contributed by atoms with E-state index in [0.29, 0.717) is 11.5 Å². The highest BCUT2D eigenvalue weighted by atomic mass is 127. The first-order chi connectivity index (χ1) is 11.0. The Hall–Kier alpha value is -0.830. The number of hydrogen-bond donors (Lipinski definition) is 1. The topological polar surface area (TPSA) is 48.7 Å². The normalized spacial score (nSPS) is 20.9. The molecule has 2 fully saturated rings. The van der Waals surface area contributed by atoms with E-state index < -0.39 is 0 Å². The fourth-order valence-corrected chi connectivity index (χ4v) is 3.93. The van der Waals surface area contributed by atoms with Crippen LogP contribution in [0.25, 0.3) is 0 Å². The third-order valence-electron chi connectivity index (χ3n) is 5.55. The molecule has 1 atom stereocenters. The lowest BCUT2D eigenvalue weighted by molar-refractivity contribution is 0.151. The number of aliphatic imine (C=N–C) groups is 1. The molecular formula is C17H31IN6. The predicted octanol–water partition coefficient (Wildman–Crippen LogP) is 2.09. The molecule has 1 unspecified atom stereocenters. The highest BCUT2D eigenvalue weighted by Gasteiger charge is 2.43. The van der Waals surface area contributed by atoms with Crippen molar-refractivity contribution in [2.75, 3.05) is 40.8 Å². The molecule has 0 radical (unpaired) electrons. The van der Waals surface area contributed by atoms with Gasteiger partial charge in [-0.05, 0) is 38.8 Å². The fourth-order valence-electron chi connectivity index (χ4n) is 3.93. The van der Waals surface area contributed by atoms with E-state index in [4.69, 9.17) is 0 Å². The molecule has 6 nitrogen and oxygen atoms in total. The van der Waals surface area contributed by atoms with Gasteiger partial charge in [-0.2, -0.15) is 5.10 Å². The van der Waals surface area contributed by atoms with Crippen LogP contribution in [0.1, 0.15) is 37.3 Å². The number of aromatic nitrogens is 2. The largest absolute Gasteiger partial charge is 0.354 e. The lowest BCUT2D eigenvalue weighted by Gasteiger charge is -2.38. The van der Waals surface area contributed by atoms with Crippen molar-refractivity contribution in [3.05, 3.63) is 18.0 Å². The van der Waals surface area contributed by atoms with Crippen LogP contribution in [0.5, 0.6) is 0 Å². The molecule has 1 aliphatic heterocycles. The molecule has 1 saturated carbocycles. The van der Waals surface area contributed by atoms with Crippen LogP contribution in [-0.4, -0.2) is 66.3 Å². The Bertz CT molecular complexity index is 563. The van der Waals surface area contributed by atoms with Crippen molar-refractivity contribution >= 4 is 29.9 Å². The summed E-state index contributed by atoms with van der Waals surface area (Å²) in [6.07, 6.45) is 9.58. The first-order valence-corrected chi connectivity index (χ1v) is 8.64. The van der Waals surface area contributed by atoms with Crippen molar-refractivity contribution in [2.24, 2.45) is 17.5 Å². The van der Waals surface area contributed by atoms with Crippen LogP contribution >= 0.6 is 24.0 Å². The zero-order valence-electron chi connectivity index (χ0n) is 15.3. The maximum absolute atomic E-state index is 4.52. The van der Waals surface area contributed by atoms with Gasteiger partial charge in [0.15, 0.2) is 5.96 Å². The summed E-state index contributed by atoms with van der Waals surface area (Å²) in [4.78, 5) is 9.19. The number of likely N-dealkylation sites (N-methyl/N-ethyl adjacent to an activating group) is 1. The lowest BCUT2D eigenvalue weighted by atomic mass is 9.68.